The first kappa shape index (κ1) is 12.2. The highest BCUT2D eigenvalue weighted by Crippen LogP contribution is 2.42. The fourth-order valence-corrected chi connectivity index (χ4v) is 3.54. The maximum Gasteiger partial charge on any atom is 0.0589 e. The zero-order valence-electron chi connectivity index (χ0n) is 11.1. The number of ether oxygens (including phenoxy) is 1. The van der Waals surface area contributed by atoms with E-state index in [1.807, 2.05) is 0 Å². The maximum absolute atomic E-state index is 9.63. The first-order valence-corrected chi connectivity index (χ1v) is 7.11. The molecule has 1 aromatic rings. The van der Waals surface area contributed by atoms with Gasteiger partial charge in [-0.1, -0.05) is 31.5 Å². The number of hydrogen-bond donors (Lipinski definition) is 1. The van der Waals surface area contributed by atoms with Gasteiger partial charge in [0, 0.05) is 12.0 Å². The van der Waals surface area contributed by atoms with E-state index in [4.69, 9.17) is 4.74 Å². The summed E-state index contributed by atoms with van der Waals surface area (Å²) in [5, 5.41) is 9.63. The fraction of sp³-hybridized carbons (Fsp3) is 0.625. The van der Waals surface area contributed by atoms with E-state index in [1.54, 1.807) is 0 Å². The molecule has 1 aliphatic carbocycles. The van der Waals surface area contributed by atoms with Crippen LogP contribution in [0, 0.1) is 5.92 Å². The van der Waals surface area contributed by atoms with E-state index in [-0.39, 0.29) is 12.0 Å². The minimum absolute atomic E-state index is 0.0706. The van der Waals surface area contributed by atoms with Gasteiger partial charge in [0.1, 0.15) is 0 Å². The summed E-state index contributed by atoms with van der Waals surface area (Å²) in [6.45, 7) is 3.96. The molecule has 18 heavy (non-hydrogen) atoms. The molecule has 1 fully saturated rings. The molecule has 1 aliphatic heterocycles. The van der Waals surface area contributed by atoms with Crippen LogP contribution in [-0.2, 0) is 23.0 Å². The third kappa shape index (κ3) is 1.70. The number of fused-ring (bicyclic) bond motifs is 1. The predicted octanol–water partition coefficient (Wildman–Crippen LogP) is 2.46. The smallest absolute Gasteiger partial charge is 0.0589 e. The molecule has 0 bridgehead atoms. The summed E-state index contributed by atoms with van der Waals surface area (Å²) in [5.41, 5.74) is 4.49. The second kappa shape index (κ2) is 4.67. The molecule has 0 radical (unpaired) electrons. The Kier molecular flexibility index (Phi) is 3.16. The third-order valence-electron chi connectivity index (χ3n) is 4.89. The lowest BCUT2D eigenvalue weighted by Gasteiger charge is -2.47. The zero-order valence-corrected chi connectivity index (χ0v) is 11.1. The number of benzene rings is 1. The first-order chi connectivity index (χ1) is 8.80. The average Bonchev–Trinajstić information content (AvgIpc) is 2.80. The average molecular weight is 246 g/mol. The highest BCUT2D eigenvalue weighted by molar-refractivity contribution is 5.40. The summed E-state index contributed by atoms with van der Waals surface area (Å²) >= 11 is 0. The summed E-state index contributed by atoms with van der Waals surface area (Å²) in [4.78, 5) is 0. The van der Waals surface area contributed by atoms with Crippen molar-refractivity contribution in [1.29, 1.82) is 0 Å². The van der Waals surface area contributed by atoms with Crippen molar-refractivity contribution in [3.8, 4) is 0 Å². The van der Waals surface area contributed by atoms with Crippen LogP contribution >= 0.6 is 0 Å². The van der Waals surface area contributed by atoms with Gasteiger partial charge < -0.3 is 9.84 Å². The van der Waals surface area contributed by atoms with Crippen LogP contribution < -0.4 is 0 Å². The van der Waals surface area contributed by atoms with E-state index in [9.17, 15) is 5.11 Å². The zero-order chi connectivity index (χ0) is 12.6. The summed E-state index contributed by atoms with van der Waals surface area (Å²) in [6.07, 6.45) is 4.75. The van der Waals surface area contributed by atoms with Crippen molar-refractivity contribution in [2.45, 2.75) is 38.0 Å². The molecule has 0 amide bonds. The number of hydrogen-bond acceptors (Lipinski definition) is 2. The number of aryl methyl sites for hydroxylation is 2. The van der Waals surface area contributed by atoms with Crippen LogP contribution in [0.15, 0.2) is 18.2 Å². The molecule has 2 aliphatic rings. The highest BCUT2D eigenvalue weighted by Gasteiger charge is 2.46. The second-order valence-electron chi connectivity index (χ2n) is 5.77. The number of aliphatic hydroxyl groups excluding tert-OH is 1. The molecule has 1 saturated heterocycles. The molecule has 0 aromatic heterocycles. The second-order valence-corrected chi connectivity index (χ2v) is 5.77. The van der Waals surface area contributed by atoms with Crippen molar-refractivity contribution in [2.24, 2.45) is 5.92 Å². The van der Waals surface area contributed by atoms with Crippen LogP contribution in [0.5, 0.6) is 0 Å². The molecule has 1 atom stereocenters. The van der Waals surface area contributed by atoms with Gasteiger partial charge in [-0.3, -0.25) is 0 Å². The van der Waals surface area contributed by atoms with Gasteiger partial charge in [-0.05, 0) is 41.9 Å². The van der Waals surface area contributed by atoms with E-state index in [0.717, 1.165) is 19.6 Å². The standard InChI is InChI=1S/C16H22O2/c1-2-14(9-17)16(10-18-11-16)15-7-6-12-4-3-5-13(12)8-15/h6-8,14,17H,2-5,9-11H2,1H3. The first-order valence-electron chi connectivity index (χ1n) is 7.11. The van der Waals surface area contributed by atoms with Crippen molar-refractivity contribution < 1.29 is 9.84 Å². The Hall–Kier alpha value is -0.860. The van der Waals surface area contributed by atoms with Crippen LogP contribution in [0.4, 0.5) is 0 Å². The predicted molar refractivity (Wildman–Crippen MR) is 71.8 cm³/mol. The van der Waals surface area contributed by atoms with Gasteiger partial charge in [-0.15, -0.1) is 0 Å². The monoisotopic (exact) mass is 246 g/mol. The molecule has 98 valence electrons. The van der Waals surface area contributed by atoms with Crippen molar-refractivity contribution in [2.75, 3.05) is 19.8 Å². The van der Waals surface area contributed by atoms with Gasteiger partial charge >= 0.3 is 0 Å². The lowest BCUT2D eigenvalue weighted by atomic mass is 9.67. The molecule has 1 aromatic carbocycles. The molecule has 0 saturated carbocycles. The number of rotatable bonds is 4. The van der Waals surface area contributed by atoms with E-state index in [0.29, 0.717) is 5.92 Å². The van der Waals surface area contributed by atoms with Crippen molar-refractivity contribution >= 4 is 0 Å². The minimum Gasteiger partial charge on any atom is -0.396 e. The van der Waals surface area contributed by atoms with Gasteiger partial charge in [-0.25, -0.2) is 0 Å². The van der Waals surface area contributed by atoms with Crippen LogP contribution in [0.1, 0.15) is 36.5 Å². The quantitative estimate of drug-likeness (QED) is 0.884. The number of aliphatic hydroxyl groups is 1. The van der Waals surface area contributed by atoms with Crippen molar-refractivity contribution in [3.63, 3.8) is 0 Å². The van der Waals surface area contributed by atoms with Gasteiger partial charge in [0.2, 0.25) is 0 Å². The maximum atomic E-state index is 9.63. The molecule has 1 unspecified atom stereocenters. The van der Waals surface area contributed by atoms with E-state index >= 15 is 0 Å². The Morgan fingerprint density at radius 2 is 2.06 bits per heavy atom. The SMILES string of the molecule is CCC(CO)C1(c2ccc3c(c2)CCC3)COC1. The summed E-state index contributed by atoms with van der Waals surface area (Å²) < 4.78 is 5.49. The summed E-state index contributed by atoms with van der Waals surface area (Å²) in [7, 11) is 0. The highest BCUT2D eigenvalue weighted by atomic mass is 16.5. The Bertz CT molecular complexity index is 431. The third-order valence-corrected chi connectivity index (χ3v) is 4.89. The molecule has 0 spiro atoms. The van der Waals surface area contributed by atoms with Crippen LogP contribution in [0.2, 0.25) is 0 Å². The lowest BCUT2D eigenvalue weighted by molar-refractivity contribution is -0.101. The van der Waals surface area contributed by atoms with Crippen molar-refractivity contribution in [1.82, 2.24) is 0 Å². The van der Waals surface area contributed by atoms with Crippen molar-refractivity contribution in [3.05, 3.63) is 34.9 Å². The molecular weight excluding hydrogens is 224 g/mol. The van der Waals surface area contributed by atoms with E-state index in [1.165, 1.54) is 36.0 Å². The van der Waals surface area contributed by atoms with E-state index < -0.39 is 0 Å². The van der Waals surface area contributed by atoms with E-state index in [2.05, 4.69) is 25.1 Å². The lowest BCUT2D eigenvalue weighted by Crippen LogP contribution is -2.53. The molecule has 2 nitrogen and oxygen atoms in total. The van der Waals surface area contributed by atoms with Gasteiger partial charge in [0.05, 0.1) is 13.2 Å². The normalized spacial score (nSPS) is 22.3. The van der Waals surface area contributed by atoms with Crippen LogP contribution in [-0.4, -0.2) is 24.9 Å². The Labute approximate surface area is 109 Å². The van der Waals surface area contributed by atoms with Gasteiger partial charge in [0.15, 0.2) is 0 Å². The van der Waals surface area contributed by atoms with Gasteiger partial charge in [0.25, 0.3) is 0 Å². The molecular formula is C16H22O2. The molecule has 3 rings (SSSR count). The summed E-state index contributed by atoms with van der Waals surface area (Å²) in [6, 6.07) is 6.94. The molecule has 1 heterocycles. The Balaban J connectivity index is 1.96. The van der Waals surface area contributed by atoms with Gasteiger partial charge in [-0.2, -0.15) is 0 Å². The largest absolute Gasteiger partial charge is 0.396 e. The fourth-order valence-electron chi connectivity index (χ4n) is 3.54. The Morgan fingerprint density at radius 1 is 1.28 bits per heavy atom. The Morgan fingerprint density at radius 3 is 2.67 bits per heavy atom. The van der Waals surface area contributed by atoms with Crippen LogP contribution in [0.3, 0.4) is 0 Å². The molecule has 1 N–H and O–H groups in total. The molecule has 2 heteroatoms. The minimum atomic E-state index is 0.0706. The topological polar surface area (TPSA) is 29.5 Å². The van der Waals surface area contributed by atoms with Crippen LogP contribution in [0.25, 0.3) is 0 Å². The summed E-state index contributed by atoms with van der Waals surface area (Å²) in [5.74, 6) is 0.325.